The normalized spacial score (nSPS) is 12.5. The zero-order chi connectivity index (χ0) is 33.3. The van der Waals surface area contributed by atoms with Crippen molar-refractivity contribution in [1.29, 1.82) is 0 Å². The van der Waals surface area contributed by atoms with E-state index in [0.717, 1.165) is 5.69 Å². The van der Waals surface area contributed by atoms with E-state index in [0.29, 0.717) is 22.6 Å². The first-order valence-corrected chi connectivity index (χ1v) is 17.0. The van der Waals surface area contributed by atoms with Gasteiger partial charge in [-0.1, -0.05) is 42.5 Å². The predicted octanol–water partition coefficient (Wildman–Crippen LogP) is 4.11. The molecule has 0 fully saturated rings. The second-order valence-electron chi connectivity index (χ2n) is 9.58. The number of hydrogen-bond acceptors (Lipinski definition) is 12. The van der Waals surface area contributed by atoms with Gasteiger partial charge in [-0.25, -0.2) is 26.3 Å². The molecule has 242 valence electrons. The second kappa shape index (κ2) is 14.9. The summed E-state index contributed by atoms with van der Waals surface area (Å²) in [7, 11) is -4.44. The summed E-state index contributed by atoms with van der Waals surface area (Å²) in [4.78, 5) is 9.45. The molecule has 0 atom stereocenters. The van der Waals surface area contributed by atoms with Crippen molar-refractivity contribution in [2.45, 2.75) is 30.6 Å². The molecule has 16 heteroatoms. The van der Waals surface area contributed by atoms with E-state index < -0.39 is 20.0 Å². The van der Waals surface area contributed by atoms with Crippen molar-refractivity contribution < 1.29 is 21.6 Å². The van der Waals surface area contributed by atoms with Crippen molar-refractivity contribution in [3.05, 3.63) is 90.0 Å². The minimum atomic E-state index is -3.57. The molecular weight excluding hydrogens is 631 g/mol. The number of rotatable bonds is 14. The monoisotopic (exact) mass is 665 g/mol. The zero-order valence-electron chi connectivity index (χ0n) is 25.9. The molecule has 0 spiro atoms. The molecule has 0 aliphatic rings. The van der Waals surface area contributed by atoms with Gasteiger partial charge < -0.3 is 10.1 Å². The van der Waals surface area contributed by atoms with Crippen LogP contribution in [0, 0.1) is 0 Å². The summed E-state index contributed by atoms with van der Waals surface area (Å²) in [5.74, 6) is 0.950. The van der Waals surface area contributed by atoms with Crippen molar-refractivity contribution in [1.82, 2.24) is 19.4 Å². The summed E-state index contributed by atoms with van der Waals surface area (Å²) in [6.07, 6.45) is 0. The van der Waals surface area contributed by atoms with Crippen LogP contribution in [0.2, 0.25) is 0 Å². The van der Waals surface area contributed by atoms with Crippen molar-refractivity contribution in [3.63, 3.8) is 0 Å². The summed E-state index contributed by atoms with van der Waals surface area (Å²) < 4.78 is 58.9. The predicted molar refractivity (Wildman–Crippen MR) is 180 cm³/mol. The van der Waals surface area contributed by atoms with Gasteiger partial charge in [-0.2, -0.15) is 20.2 Å². The maximum absolute atomic E-state index is 12.1. The topological polar surface area (TPSA) is 188 Å². The van der Waals surface area contributed by atoms with Crippen LogP contribution in [0.1, 0.15) is 31.9 Å². The van der Waals surface area contributed by atoms with Crippen LogP contribution in [0.3, 0.4) is 0 Å². The molecule has 14 nitrogen and oxygen atoms in total. The summed E-state index contributed by atoms with van der Waals surface area (Å²) in [5, 5.41) is 12.1. The molecule has 0 saturated heterocycles. The highest BCUT2D eigenvalue weighted by Gasteiger charge is 2.18. The fraction of sp³-hybridized carbons (Fsp3) is 0.200. The first-order valence-electron chi connectivity index (χ1n) is 14.0. The lowest BCUT2D eigenvalue weighted by atomic mass is 10.1. The Morgan fingerprint density at radius 3 is 1.52 bits per heavy atom. The zero-order valence-corrected chi connectivity index (χ0v) is 27.5. The van der Waals surface area contributed by atoms with Crippen LogP contribution in [0.5, 0.6) is 5.75 Å². The fourth-order valence-corrected chi connectivity index (χ4v) is 5.44. The van der Waals surface area contributed by atoms with Crippen LogP contribution in [0.15, 0.2) is 98.9 Å². The van der Waals surface area contributed by atoms with E-state index in [9.17, 15) is 16.8 Å². The van der Waals surface area contributed by atoms with Crippen LogP contribution in [0.4, 0.5) is 23.3 Å². The number of nitrogens with zero attached hydrogens (tertiary/aromatic N) is 4. The van der Waals surface area contributed by atoms with E-state index >= 15 is 0 Å². The van der Waals surface area contributed by atoms with Gasteiger partial charge >= 0.3 is 0 Å². The van der Waals surface area contributed by atoms with Crippen LogP contribution in [-0.2, 0) is 20.0 Å². The van der Waals surface area contributed by atoms with Crippen molar-refractivity contribution in [2.75, 3.05) is 36.9 Å². The molecule has 0 unspecified atom stereocenters. The van der Waals surface area contributed by atoms with Gasteiger partial charge in [0.25, 0.3) is 0 Å². The van der Waals surface area contributed by atoms with E-state index in [1.165, 1.54) is 38.4 Å². The minimum Gasteiger partial charge on any atom is -0.487 e. The second-order valence-corrected chi connectivity index (χ2v) is 13.4. The summed E-state index contributed by atoms with van der Waals surface area (Å²) in [6, 6.07) is 21.9. The molecule has 0 bridgehead atoms. The molecule has 46 heavy (non-hydrogen) atoms. The quantitative estimate of drug-likeness (QED) is 0.0969. The van der Waals surface area contributed by atoms with Gasteiger partial charge in [0.05, 0.1) is 27.8 Å². The maximum atomic E-state index is 12.1. The first kappa shape index (κ1) is 34.0. The van der Waals surface area contributed by atoms with Crippen LogP contribution in [0.25, 0.3) is 0 Å². The number of benzene rings is 3. The molecule has 0 aliphatic carbocycles. The van der Waals surface area contributed by atoms with Gasteiger partial charge in [0.15, 0.2) is 11.6 Å². The van der Waals surface area contributed by atoms with Crippen molar-refractivity contribution in [3.8, 4) is 5.75 Å². The van der Waals surface area contributed by atoms with Crippen LogP contribution >= 0.6 is 0 Å². The Hall–Kier alpha value is -4.90. The van der Waals surface area contributed by atoms with E-state index in [-0.39, 0.29) is 39.7 Å². The lowest BCUT2D eigenvalue weighted by Gasteiger charge is -2.16. The molecule has 1 heterocycles. The third-order valence-corrected chi connectivity index (χ3v) is 9.41. The largest absolute Gasteiger partial charge is 0.487 e. The van der Waals surface area contributed by atoms with Gasteiger partial charge in [-0.15, -0.1) is 0 Å². The summed E-state index contributed by atoms with van der Waals surface area (Å²) >= 11 is 0. The average molecular weight is 666 g/mol. The highest BCUT2D eigenvalue weighted by molar-refractivity contribution is 7.89. The Morgan fingerprint density at radius 2 is 1.13 bits per heavy atom. The molecule has 0 aliphatic heterocycles. The fourth-order valence-electron chi connectivity index (χ4n) is 3.98. The SMILES string of the molecule is CCOc1c(N/N=C(/C)c2ccc(S(=O)(=O)NC)cc2)nc(Nc2ccccc2)nc1N/N=C(/C)c1ccc(S(=O)(=O)NC)cc1. The maximum Gasteiger partial charge on any atom is 0.240 e. The van der Waals surface area contributed by atoms with Gasteiger partial charge in [0.2, 0.25) is 31.7 Å². The van der Waals surface area contributed by atoms with E-state index in [1.54, 1.807) is 38.1 Å². The van der Waals surface area contributed by atoms with Crippen molar-refractivity contribution >= 4 is 54.7 Å². The first-order chi connectivity index (χ1) is 22.0. The molecule has 3 aromatic carbocycles. The van der Waals surface area contributed by atoms with Gasteiger partial charge in [0.1, 0.15) is 0 Å². The number of nitrogens with one attached hydrogen (secondary N) is 5. The molecule has 0 amide bonds. The van der Waals surface area contributed by atoms with Crippen LogP contribution in [-0.4, -0.2) is 58.9 Å². The lowest BCUT2D eigenvalue weighted by molar-refractivity contribution is 0.341. The standard InChI is InChI=1S/C30H35N9O5S2/c1-6-44-27-28(38-36-20(2)22-12-16-25(17-13-22)45(40,41)31-4)34-30(33-24-10-8-7-9-11-24)35-29(27)39-37-21(3)23-14-18-26(19-15-23)46(42,43)32-5/h7-19,31-32H,6H2,1-5H3,(H3,33,34,35,38,39)/b36-20-,37-21-. The number of hydrogen-bond donors (Lipinski definition) is 5. The molecule has 1 aromatic heterocycles. The number of hydrazone groups is 2. The van der Waals surface area contributed by atoms with Gasteiger partial charge in [0, 0.05) is 5.69 Å². The van der Waals surface area contributed by atoms with Gasteiger partial charge in [-0.05, 0) is 82.4 Å². The molecular formula is C30H35N9O5S2. The Morgan fingerprint density at radius 1 is 0.696 bits per heavy atom. The molecule has 5 N–H and O–H groups in total. The number of para-hydroxylation sites is 1. The number of aromatic nitrogens is 2. The molecule has 0 radical (unpaired) electrons. The Balaban J connectivity index is 1.68. The summed E-state index contributed by atoms with van der Waals surface area (Å²) in [6.45, 7) is 5.62. The van der Waals surface area contributed by atoms with Crippen molar-refractivity contribution in [2.24, 2.45) is 10.2 Å². The average Bonchev–Trinajstić information content (AvgIpc) is 3.07. The van der Waals surface area contributed by atoms with E-state index in [2.05, 4.69) is 45.8 Å². The Kier molecular flexibility index (Phi) is 11.0. The van der Waals surface area contributed by atoms with E-state index in [1.807, 2.05) is 37.3 Å². The third kappa shape index (κ3) is 8.42. The van der Waals surface area contributed by atoms with Gasteiger partial charge in [-0.3, -0.25) is 10.9 Å². The number of ether oxygens (including phenoxy) is 1. The highest BCUT2D eigenvalue weighted by Crippen LogP contribution is 2.33. The summed E-state index contributed by atoms with van der Waals surface area (Å²) in [5.41, 5.74) is 9.13. The molecule has 0 saturated carbocycles. The van der Waals surface area contributed by atoms with E-state index in [4.69, 9.17) is 4.74 Å². The Labute approximate surface area is 268 Å². The lowest BCUT2D eigenvalue weighted by Crippen LogP contribution is -2.18. The highest BCUT2D eigenvalue weighted by atomic mass is 32.2. The smallest absolute Gasteiger partial charge is 0.240 e. The number of anilines is 4. The third-order valence-electron chi connectivity index (χ3n) is 6.55. The molecule has 4 rings (SSSR count). The minimum absolute atomic E-state index is 0.135. The molecule has 4 aromatic rings. The van der Waals surface area contributed by atoms with Crippen LogP contribution < -0.4 is 30.3 Å². The number of sulfonamides is 2. The Bertz CT molecular complexity index is 1820.